The molecule has 11 nitrogen and oxygen atoms in total. The van der Waals surface area contributed by atoms with Crippen LogP contribution in [0.1, 0.15) is 62.7 Å². The number of ether oxygens (including phenoxy) is 1. The summed E-state index contributed by atoms with van der Waals surface area (Å²) in [6.45, 7) is 9.96. The monoisotopic (exact) mass is 571 g/mol. The van der Waals surface area contributed by atoms with Crippen molar-refractivity contribution in [2.75, 3.05) is 17.7 Å². The molecule has 0 saturated carbocycles. The molecule has 214 valence electrons. The van der Waals surface area contributed by atoms with Gasteiger partial charge in [0.1, 0.15) is 11.5 Å². The van der Waals surface area contributed by atoms with Gasteiger partial charge in [0, 0.05) is 28.6 Å². The lowest BCUT2D eigenvalue weighted by Crippen LogP contribution is -2.19. The van der Waals surface area contributed by atoms with Gasteiger partial charge in [-0.3, -0.25) is 24.5 Å². The van der Waals surface area contributed by atoms with Gasteiger partial charge < -0.3 is 19.7 Å². The number of nitrogens with zero attached hydrogens (tertiary/aromatic N) is 2. The van der Waals surface area contributed by atoms with E-state index in [-0.39, 0.29) is 29.3 Å². The summed E-state index contributed by atoms with van der Waals surface area (Å²) in [6, 6.07) is 10.7. The Morgan fingerprint density at radius 2 is 1.90 bits per heavy atom. The number of thioether (sulfide) groups is 1. The van der Waals surface area contributed by atoms with Crippen molar-refractivity contribution >= 4 is 35.0 Å². The number of amides is 1. The first-order valence-electron chi connectivity index (χ1n) is 12.7. The predicted molar refractivity (Wildman–Crippen MR) is 153 cm³/mol. The number of hydrogen-bond donors (Lipinski definition) is 2. The lowest BCUT2D eigenvalue weighted by atomic mass is 9.91. The summed E-state index contributed by atoms with van der Waals surface area (Å²) in [4.78, 5) is 48.6. The van der Waals surface area contributed by atoms with Crippen LogP contribution in [0.3, 0.4) is 0 Å². The number of carbonyl (C=O) groups is 2. The number of carboxylic acid groups (broad SMARTS) is 1. The Balaban J connectivity index is 1.96. The lowest BCUT2D eigenvalue weighted by Gasteiger charge is -2.16. The van der Waals surface area contributed by atoms with E-state index in [0.29, 0.717) is 35.1 Å². The molecule has 40 heavy (non-hydrogen) atoms. The second-order valence-corrected chi connectivity index (χ2v) is 11.7. The van der Waals surface area contributed by atoms with E-state index in [1.165, 1.54) is 23.9 Å². The highest BCUT2D eigenvalue weighted by Crippen LogP contribution is 2.31. The van der Waals surface area contributed by atoms with Gasteiger partial charge in [-0.05, 0) is 30.2 Å². The molecule has 0 bridgehead atoms. The van der Waals surface area contributed by atoms with E-state index >= 15 is 0 Å². The van der Waals surface area contributed by atoms with Gasteiger partial charge in [-0.2, -0.15) is 11.8 Å². The molecule has 0 unspecified atom stereocenters. The summed E-state index contributed by atoms with van der Waals surface area (Å²) in [5.74, 6) is 0.0238. The summed E-state index contributed by atoms with van der Waals surface area (Å²) in [5, 5.41) is 23.7. The molecular formula is C28H33N3O8S. The van der Waals surface area contributed by atoms with Crippen molar-refractivity contribution in [2.24, 2.45) is 5.92 Å². The summed E-state index contributed by atoms with van der Waals surface area (Å²) in [6.07, 6.45) is -0.0646. The highest BCUT2D eigenvalue weighted by Gasteiger charge is 2.30. The average Bonchev–Trinajstić information content (AvgIpc) is 3.21. The van der Waals surface area contributed by atoms with E-state index in [0.717, 1.165) is 10.8 Å². The molecule has 12 heteroatoms. The summed E-state index contributed by atoms with van der Waals surface area (Å²) in [7, 11) is 0. The third kappa shape index (κ3) is 7.53. The molecule has 3 rings (SSSR count). The van der Waals surface area contributed by atoms with Crippen molar-refractivity contribution in [3.05, 3.63) is 79.8 Å². The van der Waals surface area contributed by atoms with E-state index in [9.17, 15) is 24.5 Å². The van der Waals surface area contributed by atoms with Gasteiger partial charge >= 0.3 is 5.97 Å². The van der Waals surface area contributed by atoms with Gasteiger partial charge in [-0.25, -0.2) is 0 Å². The van der Waals surface area contributed by atoms with E-state index in [1.54, 1.807) is 24.3 Å². The van der Waals surface area contributed by atoms with Crippen molar-refractivity contribution in [1.82, 2.24) is 4.74 Å². The molecule has 2 N–H and O–H groups in total. The van der Waals surface area contributed by atoms with Crippen molar-refractivity contribution in [3.8, 4) is 11.4 Å². The quantitative estimate of drug-likeness (QED) is 0.160. The van der Waals surface area contributed by atoms with Gasteiger partial charge in [-0.15, -0.1) is 4.74 Å². The third-order valence-corrected chi connectivity index (χ3v) is 6.63. The smallest absolute Gasteiger partial charge is 0.304 e. The van der Waals surface area contributed by atoms with Crippen LogP contribution in [0.25, 0.3) is 5.69 Å². The molecule has 0 spiro atoms. The molecule has 2 aromatic carbocycles. The first-order valence-corrected chi connectivity index (χ1v) is 13.8. The van der Waals surface area contributed by atoms with E-state index in [1.807, 2.05) is 34.6 Å². The number of nitro benzene ring substituents is 1. The van der Waals surface area contributed by atoms with Crippen molar-refractivity contribution in [2.45, 2.75) is 52.2 Å². The first-order chi connectivity index (χ1) is 18.8. The normalized spacial score (nSPS) is 11.4. The molecule has 0 atom stereocenters. The SMILES string of the molecule is CC(C)COc1ccccc1NC(=O)c1ccc(-n2oc(C(C)(C)C)c(CSCCC(=O)O)c2=O)c([N+](=O)[O-])c1. The molecule has 0 radical (unpaired) electrons. The second-order valence-electron chi connectivity index (χ2n) is 10.6. The Morgan fingerprint density at radius 3 is 2.52 bits per heavy atom. The molecule has 0 aliphatic rings. The molecule has 1 heterocycles. The van der Waals surface area contributed by atoms with Crippen LogP contribution >= 0.6 is 11.8 Å². The van der Waals surface area contributed by atoms with Crippen LogP contribution in [0.5, 0.6) is 5.75 Å². The summed E-state index contributed by atoms with van der Waals surface area (Å²) in [5.41, 5.74) is -1.07. The molecule has 3 aromatic rings. The Hall–Kier alpha value is -4.06. The Kier molecular flexibility index (Phi) is 9.80. The number of benzene rings is 2. The van der Waals surface area contributed by atoms with Crippen LogP contribution < -0.4 is 15.6 Å². The van der Waals surface area contributed by atoms with Crippen LogP contribution in [0, 0.1) is 16.0 Å². The molecular weight excluding hydrogens is 538 g/mol. The number of aliphatic carboxylic acids is 1. The zero-order valence-electron chi connectivity index (χ0n) is 23.1. The highest BCUT2D eigenvalue weighted by molar-refractivity contribution is 7.98. The molecule has 1 aromatic heterocycles. The van der Waals surface area contributed by atoms with Crippen molar-refractivity contribution in [3.63, 3.8) is 0 Å². The Labute approximate surface area is 235 Å². The van der Waals surface area contributed by atoms with Gasteiger partial charge in [0.15, 0.2) is 5.69 Å². The zero-order valence-corrected chi connectivity index (χ0v) is 23.9. The van der Waals surface area contributed by atoms with Crippen molar-refractivity contribution < 1.29 is 28.9 Å². The van der Waals surface area contributed by atoms with Crippen molar-refractivity contribution in [1.29, 1.82) is 0 Å². The average molecular weight is 572 g/mol. The fourth-order valence-corrected chi connectivity index (χ4v) is 4.67. The predicted octanol–water partition coefficient (Wildman–Crippen LogP) is 5.63. The number of hydrogen-bond acceptors (Lipinski definition) is 8. The molecule has 1 amide bonds. The minimum atomic E-state index is -0.945. The second kappa shape index (κ2) is 12.9. The van der Waals surface area contributed by atoms with Gasteiger partial charge in [-0.1, -0.05) is 46.8 Å². The molecule has 0 aliphatic carbocycles. The number of aromatic nitrogens is 1. The van der Waals surface area contributed by atoms with Gasteiger partial charge in [0.25, 0.3) is 17.2 Å². The fourth-order valence-electron chi connectivity index (χ4n) is 3.75. The number of rotatable bonds is 12. The minimum absolute atomic E-state index is 0.00853. The molecule has 0 aliphatic heterocycles. The van der Waals surface area contributed by atoms with E-state index < -0.39 is 33.5 Å². The Bertz CT molecular complexity index is 1450. The Morgan fingerprint density at radius 1 is 1.20 bits per heavy atom. The van der Waals surface area contributed by atoms with Crippen LogP contribution in [0.2, 0.25) is 0 Å². The number of carbonyl (C=O) groups excluding carboxylic acids is 1. The maximum Gasteiger partial charge on any atom is 0.304 e. The topological polar surface area (TPSA) is 154 Å². The van der Waals surface area contributed by atoms with Crippen LogP contribution in [0.15, 0.2) is 51.8 Å². The van der Waals surface area contributed by atoms with Gasteiger partial charge in [0.2, 0.25) is 0 Å². The van der Waals surface area contributed by atoms with E-state index in [4.69, 9.17) is 14.4 Å². The number of nitro groups is 1. The number of anilines is 1. The maximum absolute atomic E-state index is 13.4. The standard InChI is InChI=1S/C28H33N3O8S/c1-17(2)15-38-23-9-7-6-8-20(23)29-26(34)18-10-11-21(22(14-18)31(36)37)30-27(35)19(16-40-13-12-24(32)33)25(39-30)28(3,4)5/h6-11,14,17H,12-13,15-16H2,1-5H3,(H,29,34)(H,32,33). The number of nitrogens with one attached hydrogen (secondary N) is 1. The summed E-state index contributed by atoms with van der Waals surface area (Å²) < 4.78 is 12.5. The maximum atomic E-state index is 13.4. The van der Waals surface area contributed by atoms with E-state index in [2.05, 4.69) is 5.32 Å². The summed E-state index contributed by atoms with van der Waals surface area (Å²) >= 11 is 1.26. The molecule has 0 saturated heterocycles. The number of carboxylic acids is 1. The molecule has 0 fully saturated rings. The largest absolute Gasteiger partial charge is 0.491 e. The van der Waals surface area contributed by atoms with Crippen LogP contribution in [0.4, 0.5) is 11.4 Å². The third-order valence-electron chi connectivity index (χ3n) is 5.65. The van der Waals surface area contributed by atoms with Crippen LogP contribution in [-0.2, 0) is 16.0 Å². The highest BCUT2D eigenvalue weighted by atomic mass is 32.2. The fraction of sp³-hybridized carbons (Fsp3) is 0.393. The first kappa shape index (κ1) is 30.5. The number of para-hydroxylation sites is 2. The van der Waals surface area contributed by atoms with Gasteiger partial charge in [0.05, 0.1) is 29.2 Å². The lowest BCUT2D eigenvalue weighted by molar-refractivity contribution is -0.384. The van der Waals surface area contributed by atoms with Crippen LogP contribution in [-0.4, -0.2) is 39.0 Å². The zero-order chi connectivity index (χ0) is 29.6. The minimum Gasteiger partial charge on any atom is -0.491 e.